The van der Waals surface area contributed by atoms with E-state index < -0.39 is 0 Å². The highest BCUT2D eigenvalue weighted by molar-refractivity contribution is 5.38. The third-order valence-corrected chi connectivity index (χ3v) is 4.02. The molecule has 0 unspecified atom stereocenters. The Morgan fingerprint density at radius 3 is 2.86 bits per heavy atom. The molecule has 6 nitrogen and oxygen atoms in total. The van der Waals surface area contributed by atoms with E-state index in [-0.39, 0.29) is 6.10 Å². The summed E-state index contributed by atoms with van der Waals surface area (Å²) in [5.74, 6) is 1.61. The van der Waals surface area contributed by atoms with Crippen molar-refractivity contribution in [1.82, 2.24) is 14.9 Å². The van der Waals surface area contributed by atoms with E-state index in [1.54, 1.807) is 12.4 Å². The van der Waals surface area contributed by atoms with Gasteiger partial charge in [-0.25, -0.2) is 9.97 Å². The summed E-state index contributed by atoms with van der Waals surface area (Å²) in [6.07, 6.45) is 6.05. The van der Waals surface area contributed by atoms with Crippen LogP contribution in [0.5, 0.6) is 0 Å². The molecular formula is C15H21N5O. The lowest BCUT2D eigenvalue weighted by Gasteiger charge is -2.34. The Kier molecular flexibility index (Phi) is 4.32. The highest BCUT2D eigenvalue weighted by atomic mass is 16.5. The maximum atomic E-state index is 8.82. The molecule has 0 amide bonds. The van der Waals surface area contributed by atoms with E-state index in [0.29, 0.717) is 5.69 Å². The quantitative estimate of drug-likeness (QED) is 0.801. The summed E-state index contributed by atoms with van der Waals surface area (Å²) in [4.78, 5) is 13.1. The molecule has 6 heteroatoms. The van der Waals surface area contributed by atoms with Gasteiger partial charge < -0.3 is 14.5 Å². The minimum absolute atomic E-state index is 0.208. The van der Waals surface area contributed by atoms with Gasteiger partial charge in [-0.05, 0) is 25.8 Å². The molecule has 0 spiro atoms. The van der Waals surface area contributed by atoms with Gasteiger partial charge in [-0.3, -0.25) is 0 Å². The van der Waals surface area contributed by atoms with Crippen molar-refractivity contribution in [3.63, 3.8) is 0 Å². The summed E-state index contributed by atoms with van der Waals surface area (Å²) in [6, 6.07) is 2.01. The topological polar surface area (TPSA) is 65.3 Å². The second kappa shape index (κ2) is 6.37. The monoisotopic (exact) mass is 287 g/mol. The summed E-state index contributed by atoms with van der Waals surface area (Å²) in [5, 5.41) is 8.82. The molecule has 2 fully saturated rings. The fourth-order valence-electron chi connectivity index (χ4n) is 2.64. The number of hydrogen-bond acceptors (Lipinski definition) is 6. The van der Waals surface area contributed by atoms with Gasteiger partial charge >= 0.3 is 0 Å². The van der Waals surface area contributed by atoms with E-state index in [1.165, 1.54) is 12.8 Å². The van der Waals surface area contributed by atoms with Crippen molar-refractivity contribution >= 4 is 5.82 Å². The molecule has 112 valence electrons. The van der Waals surface area contributed by atoms with Crippen LogP contribution in [0.4, 0.5) is 5.82 Å². The van der Waals surface area contributed by atoms with E-state index in [0.717, 1.165) is 44.5 Å². The molecule has 2 aliphatic rings. The van der Waals surface area contributed by atoms with Gasteiger partial charge in [-0.15, -0.1) is 0 Å². The molecular weight excluding hydrogens is 266 g/mol. The lowest BCUT2D eigenvalue weighted by Crippen LogP contribution is -2.46. The van der Waals surface area contributed by atoms with Crippen LogP contribution in [0.15, 0.2) is 12.4 Å². The fraction of sp³-hybridized carbons (Fsp3) is 0.667. The van der Waals surface area contributed by atoms with Crippen LogP contribution in [-0.4, -0.2) is 60.8 Å². The van der Waals surface area contributed by atoms with Gasteiger partial charge in [0, 0.05) is 26.2 Å². The molecule has 0 N–H and O–H groups in total. The third kappa shape index (κ3) is 3.90. The molecule has 1 atom stereocenters. The minimum atomic E-state index is 0.208. The molecule has 21 heavy (non-hydrogen) atoms. The number of rotatable bonds is 5. The molecule has 1 saturated heterocycles. The first kappa shape index (κ1) is 14.2. The van der Waals surface area contributed by atoms with Crippen molar-refractivity contribution in [3.05, 3.63) is 18.1 Å². The zero-order valence-corrected chi connectivity index (χ0v) is 12.4. The summed E-state index contributed by atoms with van der Waals surface area (Å²) in [6.45, 7) is 4.57. The third-order valence-electron chi connectivity index (χ3n) is 4.02. The zero-order chi connectivity index (χ0) is 14.7. The van der Waals surface area contributed by atoms with Gasteiger partial charge in [0.25, 0.3) is 0 Å². The number of hydrogen-bond donors (Lipinski definition) is 0. The maximum absolute atomic E-state index is 8.82. The molecule has 1 aliphatic carbocycles. The van der Waals surface area contributed by atoms with Gasteiger partial charge in [0.05, 0.1) is 25.1 Å². The van der Waals surface area contributed by atoms with Crippen molar-refractivity contribution < 1.29 is 4.74 Å². The molecule has 1 aliphatic heterocycles. The van der Waals surface area contributed by atoms with E-state index in [4.69, 9.17) is 10.00 Å². The van der Waals surface area contributed by atoms with Gasteiger partial charge in [-0.2, -0.15) is 5.26 Å². The van der Waals surface area contributed by atoms with E-state index in [2.05, 4.69) is 26.8 Å². The average Bonchev–Trinajstić information content (AvgIpc) is 3.31. The molecule has 0 aromatic carbocycles. The molecule has 1 saturated carbocycles. The zero-order valence-electron chi connectivity index (χ0n) is 12.4. The van der Waals surface area contributed by atoms with Crippen LogP contribution in [0.25, 0.3) is 0 Å². The second-order valence-electron chi connectivity index (χ2n) is 5.98. The van der Waals surface area contributed by atoms with Crippen LogP contribution >= 0.6 is 0 Å². The van der Waals surface area contributed by atoms with Crippen LogP contribution in [0.2, 0.25) is 0 Å². The van der Waals surface area contributed by atoms with E-state index >= 15 is 0 Å². The highest BCUT2D eigenvalue weighted by Crippen LogP contribution is 2.31. The second-order valence-corrected chi connectivity index (χ2v) is 5.98. The first-order valence-corrected chi connectivity index (χ1v) is 7.52. The number of ether oxygens (including phenoxy) is 1. The molecule has 0 radical (unpaired) electrons. The summed E-state index contributed by atoms with van der Waals surface area (Å²) in [7, 11) is 2.13. The molecule has 3 rings (SSSR count). The molecule has 2 heterocycles. The minimum Gasteiger partial charge on any atom is -0.374 e. The van der Waals surface area contributed by atoms with Crippen LogP contribution in [-0.2, 0) is 4.74 Å². The SMILES string of the molecule is CN1CCO[C@@H](CN(CC2CC2)c2cnc(C#N)cn2)C1. The summed E-state index contributed by atoms with van der Waals surface area (Å²) in [5.41, 5.74) is 0.360. The Hall–Kier alpha value is -1.71. The average molecular weight is 287 g/mol. The first-order chi connectivity index (χ1) is 10.2. The molecule has 0 bridgehead atoms. The van der Waals surface area contributed by atoms with Crippen molar-refractivity contribution in [2.75, 3.05) is 44.7 Å². The van der Waals surface area contributed by atoms with Crippen molar-refractivity contribution in [3.8, 4) is 6.07 Å². The molecule has 1 aromatic rings. The Bertz CT molecular complexity index is 508. The van der Waals surface area contributed by atoms with E-state index in [1.807, 2.05) is 6.07 Å². The van der Waals surface area contributed by atoms with Gasteiger partial charge in [0.2, 0.25) is 0 Å². The largest absolute Gasteiger partial charge is 0.374 e. The number of aromatic nitrogens is 2. The van der Waals surface area contributed by atoms with Crippen LogP contribution in [0.3, 0.4) is 0 Å². The van der Waals surface area contributed by atoms with E-state index in [9.17, 15) is 0 Å². The van der Waals surface area contributed by atoms with Crippen molar-refractivity contribution in [2.24, 2.45) is 5.92 Å². The Morgan fingerprint density at radius 1 is 1.38 bits per heavy atom. The lowest BCUT2D eigenvalue weighted by atomic mass is 10.2. The normalized spacial score (nSPS) is 22.8. The van der Waals surface area contributed by atoms with Crippen LogP contribution in [0, 0.1) is 17.2 Å². The van der Waals surface area contributed by atoms with Crippen molar-refractivity contribution in [1.29, 1.82) is 5.26 Å². The Labute approximate surface area is 125 Å². The summed E-state index contributed by atoms with van der Waals surface area (Å²) < 4.78 is 5.86. The van der Waals surface area contributed by atoms with Crippen LogP contribution < -0.4 is 4.90 Å². The molecule has 1 aromatic heterocycles. The lowest BCUT2D eigenvalue weighted by molar-refractivity contribution is -0.0149. The summed E-state index contributed by atoms with van der Waals surface area (Å²) >= 11 is 0. The predicted molar refractivity (Wildman–Crippen MR) is 78.9 cm³/mol. The standard InChI is InChI=1S/C15H21N5O/c1-19-4-5-21-14(10-19)11-20(9-12-2-3-12)15-8-17-13(6-16)7-18-15/h7-8,12,14H,2-5,9-11H2,1H3/t14-/m1/s1. The van der Waals surface area contributed by atoms with Gasteiger partial charge in [-0.1, -0.05) is 0 Å². The first-order valence-electron chi connectivity index (χ1n) is 7.52. The predicted octanol–water partition coefficient (Wildman–Crippen LogP) is 0.895. The number of likely N-dealkylation sites (N-methyl/N-ethyl adjacent to an activating group) is 1. The highest BCUT2D eigenvalue weighted by Gasteiger charge is 2.28. The number of nitriles is 1. The number of morpholine rings is 1. The van der Waals surface area contributed by atoms with Gasteiger partial charge in [0.15, 0.2) is 5.69 Å². The Morgan fingerprint density at radius 2 is 2.24 bits per heavy atom. The Balaban J connectivity index is 1.68. The van der Waals surface area contributed by atoms with Gasteiger partial charge in [0.1, 0.15) is 11.9 Å². The maximum Gasteiger partial charge on any atom is 0.158 e. The van der Waals surface area contributed by atoms with Crippen LogP contribution in [0.1, 0.15) is 18.5 Å². The number of nitrogens with zero attached hydrogens (tertiary/aromatic N) is 5. The van der Waals surface area contributed by atoms with Crippen molar-refractivity contribution in [2.45, 2.75) is 18.9 Å². The number of anilines is 1. The fourth-order valence-corrected chi connectivity index (χ4v) is 2.64. The smallest absolute Gasteiger partial charge is 0.158 e.